The first-order valence-corrected chi connectivity index (χ1v) is 9.11. The Morgan fingerprint density at radius 2 is 2.25 bits per heavy atom. The minimum Gasteiger partial charge on any atom is -0.469 e. The van der Waals surface area contributed by atoms with Gasteiger partial charge in [0.2, 0.25) is 11.0 Å². The van der Waals surface area contributed by atoms with E-state index in [1.165, 1.54) is 23.1 Å². The number of rotatable bonds is 6. The lowest BCUT2D eigenvalue weighted by Crippen LogP contribution is -2.15. The van der Waals surface area contributed by atoms with Gasteiger partial charge in [0.15, 0.2) is 11.0 Å². The summed E-state index contributed by atoms with van der Waals surface area (Å²) < 4.78 is 7.36. The van der Waals surface area contributed by atoms with E-state index in [9.17, 15) is 4.79 Å². The number of hydrogen-bond acceptors (Lipinski definition) is 8. The predicted molar refractivity (Wildman–Crippen MR) is 92.1 cm³/mol. The Hall–Kier alpha value is -2.20. The fourth-order valence-corrected chi connectivity index (χ4v) is 3.48. The molecule has 3 rings (SSSR count). The van der Waals surface area contributed by atoms with Crippen LogP contribution in [0, 0.1) is 6.92 Å². The SMILES string of the molecule is Cc1occc1-c1nnc(SCC(=O)Nc2nncs2)n1C(C)C. The summed E-state index contributed by atoms with van der Waals surface area (Å²) in [5.41, 5.74) is 2.47. The Labute approximate surface area is 146 Å². The van der Waals surface area contributed by atoms with Crippen LogP contribution in [0.2, 0.25) is 0 Å². The molecule has 0 aliphatic carbocycles. The molecule has 1 amide bonds. The molecule has 0 atom stereocenters. The van der Waals surface area contributed by atoms with Gasteiger partial charge in [-0.25, -0.2) is 0 Å². The monoisotopic (exact) mass is 364 g/mol. The molecule has 0 radical (unpaired) electrons. The maximum atomic E-state index is 12.0. The van der Waals surface area contributed by atoms with Crippen molar-refractivity contribution in [3.63, 3.8) is 0 Å². The van der Waals surface area contributed by atoms with Gasteiger partial charge in [0, 0.05) is 6.04 Å². The van der Waals surface area contributed by atoms with Crippen LogP contribution in [0.15, 0.2) is 27.4 Å². The molecule has 126 valence electrons. The van der Waals surface area contributed by atoms with Gasteiger partial charge in [-0.05, 0) is 26.8 Å². The standard InChI is InChI=1S/C14H16N6O2S2/c1-8(2)20-12(10-4-5-22-9(10)3)17-19-14(20)23-6-11(21)16-13-18-15-7-24-13/h4-5,7-8H,6H2,1-3H3,(H,16,18,21). The van der Waals surface area contributed by atoms with Gasteiger partial charge in [0.05, 0.1) is 17.6 Å². The molecule has 10 heteroatoms. The molecule has 0 spiro atoms. The number of nitrogens with zero attached hydrogens (tertiary/aromatic N) is 5. The van der Waals surface area contributed by atoms with Gasteiger partial charge in [-0.15, -0.1) is 20.4 Å². The molecular weight excluding hydrogens is 348 g/mol. The Balaban J connectivity index is 1.75. The second-order valence-electron chi connectivity index (χ2n) is 5.24. The molecule has 0 aromatic carbocycles. The van der Waals surface area contributed by atoms with Crippen LogP contribution in [0.1, 0.15) is 25.6 Å². The zero-order chi connectivity index (χ0) is 17.1. The van der Waals surface area contributed by atoms with Crippen LogP contribution < -0.4 is 5.32 Å². The smallest absolute Gasteiger partial charge is 0.236 e. The Morgan fingerprint density at radius 3 is 2.88 bits per heavy atom. The number of carbonyl (C=O) groups excluding carboxylic acids is 1. The van der Waals surface area contributed by atoms with Crippen LogP contribution >= 0.6 is 23.1 Å². The van der Waals surface area contributed by atoms with Crippen molar-refractivity contribution >= 4 is 34.1 Å². The van der Waals surface area contributed by atoms with Crippen molar-refractivity contribution in [2.75, 3.05) is 11.1 Å². The van der Waals surface area contributed by atoms with Crippen LogP contribution in [0.25, 0.3) is 11.4 Å². The zero-order valence-electron chi connectivity index (χ0n) is 13.4. The summed E-state index contributed by atoms with van der Waals surface area (Å²) in [6.45, 7) is 5.98. The van der Waals surface area contributed by atoms with Crippen molar-refractivity contribution in [3.8, 4) is 11.4 Å². The topological polar surface area (TPSA) is 98.7 Å². The number of anilines is 1. The lowest BCUT2D eigenvalue weighted by molar-refractivity contribution is -0.113. The van der Waals surface area contributed by atoms with Crippen molar-refractivity contribution in [2.24, 2.45) is 0 Å². The summed E-state index contributed by atoms with van der Waals surface area (Å²) in [5, 5.41) is 19.8. The molecule has 3 heterocycles. The number of furan rings is 1. The van der Waals surface area contributed by atoms with Crippen molar-refractivity contribution < 1.29 is 9.21 Å². The lowest BCUT2D eigenvalue weighted by atomic mass is 10.2. The summed E-state index contributed by atoms with van der Waals surface area (Å²) >= 11 is 2.61. The number of aromatic nitrogens is 5. The van der Waals surface area contributed by atoms with Crippen molar-refractivity contribution in [1.29, 1.82) is 0 Å². The molecule has 0 fully saturated rings. The van der Waals surface area contributed by atoms with E-state index in [1.807, 2.05) is 31.4 Å². The quantitative estimate of drug-likeness (QED) is 0.671. The van der Waals surface area contributed by atoms with Crippen molar-refractivity contribution in [1.82, 2.24) is 25.0 Å². The highest BCUT2D eigenvalue weighted by Crippen LogP contribution is 2.30. The number of thioether (sulfide) groups is 1. The van der Waals surface area contributed by atoms with Gasteiger partial charge in [-0.2, -0.15) is 0 Å². The van der Waals surface area contributed by atoms with E-state index in [0.29, 0.717) is 10.3 Å². The normalized spacial score (nSPS) is 11.2. The number of nitrogens with one attached hydrogen (secondary N) is 1. The van der Waals surface area contributed by atoms with Gasteiger partial charge in [-0.3, -0.25) is 14.7 Å². The summed E-state index contributed by atoms with van der Waals surface area (Å²) in [6.07, 6.45) is 1.63. The summed E-state index contributed by atoms with van der Waals surface area (Å²) in [5.74, 6) is 1.59. The molecule has 3 aromatic rings. The average molecular weight is 364 g/mol. The Morgan fingerprint density at radius 1 is 1.42 bits per heavy atom. The van der Waals surface area contributed by atoms with Gasteiger partial charge in [-0.1, -0.05) is 23.1 Å². The number of aryl methyl sites for hydroxylation is 1. The average Bonchev–Trinajstić information content (AvgIpc) is 3.25. The number of carbonyl (C=O) groups is 1. The summed E-state index contributed by atoms with van der Waals surface area (Å²) in [7, 11) is 0. The van der Waals surface area contributed by atoms with E-state index in [-0.39, 0.29) is 17.7 Å². The van der Waals surface area contributed by atoms with Crippen LogP contribution in [0.3, 0.4) is 0 Å². The molecule has 24 heavy (non-hydrogen) atoms. The highest BCUT2D eigenvalue weighted by Gasteiger charge is 2.20. The zero-order valence-corrected chi connectivity index (χ0v) is 15.0. The third kappa shape index (κ3) is 3.49. The fraction of sp³-hybridized carbons (Fsp3) is 0.357. The summed E-state index contributed by atoms with van der Waals surface area (Å²) in [6, 6.07) is 2.02. The number of amides is 1. The van der Waals surface area contributed by atoms with E-state index in [1.54, 1.807) is 11.8 Å². The highest BCUT2D eigenvalue weighted by atomic mass is 32.2. The summed E-state index contributed by atoms with van der Waals surface area (Å²) in [4.78, 5) is 12.0. The van der Waals surface area contributed by atoms with Crippen LogP contribution in [0.5, 0.6) is 0 Å². The molecule has 0 unspecified atom stereocenters. The minimum atomic E-state index is -0.156. The first kappa shape index (κ1) is 16.7. The maximum Gasteiger partial charge on any atom is 0.236 e. The fourth-order valence-electron chi connectivity index (χ4n) is 2.15. The first-order chi connectivity index (χ1) is 11.6. The first-order valence-electron chi connectivity index (χ1n) is 7.24. The highest BCUT2D eigenvalue weighted by molar-refractivity contribution is 7.99. The van der Waals surface area contributed by atoms with E-state index in [2.05, 4.69) is 25.7 Å². The van der Waals surface area contributed by atoms with Gasteiger partial charge >= 0.3 is 0 Å². The van der Waals surface area contributed by atoms with E-state index < -0.39 is 0 Å². The molecule has 0 saturated heterocycles. The van der Waals surface area contributed by atoms with Crippen molar-refractivity contribution in [2.45, 2.75) is 32.0 Å². The third-order valence-electron chi connectivity index (χ3n) is 3.22. The predicted octanol–water partition coefficient (Wildman–Crippen LogP) is 3.01. The lowest BCUT2D eigenvalue weighted by Gasteiger charge is -2.13. The largest absolute Gasteiger partial charge is 0.469 e. The molecule has 0 saturated carbocycles. The van der Waals surface area contributed by atoms with Crippen LogP contribution in [-0.2, 0) is 4.79 Å². The molecular formula is C14H16N6O2S2. The van der Waals surface area contributed by atoms with Crippen LogP contribution in [0.4, 0.5) is 5.13 Å². The minimum absolute atomic E-state index is 0.151. The molecule has 1 N–H and O–H groups in total. The Kier molecular flexibility index (Phi) is 4.95. The van der Waals surface area contributed by atoms with Gasteiger partial charge < -0.3 is 4.42 Å². The number of hydrogen-bond donors (Lipinski definition) is 1. The molecule has 3 aromatic heterocycles. The maximum absolute atomic E-state index is 12.0. The van der Waals surface area contributed by atoms with E-state index >= 15 is 0 Å². The Bertz CT molecular complexity index is 824. The third-order valence-corrected chi connectivity index (χ3v) is 4.77. The van der Waals surface area contributed by atoms with Crippen molar-refractivity contribution in [3.05, 3.63) is 23.6 Å². The molecule has 0 aliphatic heterocycles. The van der Waals surface area contributed by atoms with E-state index in [0.717, 1.165) is 17.1 Å². The van der Waals surface area contributed by atoms with Gasteiger partial charge in [0.1, 0.15) is 11.3 Å². The molecule has 0 aliphatic rings. The van der Waals surface area contributed by atoms with E-state index in [4.69, 9.17) is 4.42 Å². The second kappa shape index (κ2) is 7.14. The van der Waals surface area contributed by atoms with Crippen LogP contribution in [-0.4, -0.2) is 36.6 Å². The molecule has 0 bridgehead atoms. The second-order valence-corrected chi connectivity index (χ2v) is 7.02. The van der Waals surface area contributed by atoms with Gasteiger partial charge in [0.25, 0.3) is 0 Å². The molecule has 8 nitrogen and oxygen atoms in total.